The summed E-state index contributed by atoms with van der Waals surface area (Å²) in [5.74, 6) is 0.293. The lowest BCUT2D eigenvalue weighted by atomic mass is 9.94. The minimum Gasteiger partial charge on any atom is -0.444 e. The normalized spacial score (nSPS) is 26.2. The number of amides is 1. The van der Waals surface area contributed by atoms with Gasteiger partial charge in [-0.25, -0.2) is 4.79 Å². The van der Waals surface area contributed by atoms with Gasteiger partial charge in [-0.3, -0.25) is 0 Å². The van der Waals surface area contributed by atoms with Crippen molar-refractivity contribution in [2.75, 3.05) is 19.6 Å². The number of nitrogens with two attached hydrogens (primary N) is 1. The van der Waals surface area contributed by atoms with Crippen molar-refractivity contribution < 1.29 is 9.53 Å². The van der Waals surface area contributed by atoms with Crippen LogP contribution in [-0.4, -0.2) is 37.4 Å². The van der Waals surface area contributed by atoms with E-state index < -0.39 is 5.60 Å². The summed E-state index contributed by atoms with van der Waals surface area (Å²) in [4.78, 5) is 11.6. The van der Waals surface area contributed by atoms with Gasteiger partial charge >= 0.3 is 6.09 Å². The van der Waals surface area contributed by atoms with Gasteiger partial charge in [0.25, 0.3) is 0 Å². The molecule has 0 aliphatic carbocycles. The van der Waals surface area contributed by atoms with E-state index in [1.165, 1.54) is 0 Å². The Morgan fingerprint density at radius 3 is 2.81 bits per heavy atom. The van der Waals surface area contributed by atoms with E-state index in [-0.39, 0.29) is 12.1 Å². The molecule has 1 aliphatic heterocycles. The molecule has 1 aliphatic rings. The standard InChI is InChI=1S/C11H23N3O2/c1-11(2,3)16-10(15)14-9-4-5-13-7-8(9)6-12/h8-9,13H,4-7,12H2,1-3H3,(H,14,15)/t8-,9-/m1/s1. The van der Waals surface area contributed by atoms with Crippen molar-refractivity contribution >= 4 is 6.09 Å². The smallest absolute Gasteiger partial charge is 0.407 e. The molecule has 1 rings (SSSR count). The summed E-state index contributed by atoms with van der Waals surface area (Å²) >= 11 is 0. The van der Waals surface area contributed by atoms with Crippen LogP contribution in [0.2, 0.25) is 0 Å². The fourth-order valence-electron chi connectivity index (χ4n) is 1.82. The van der Waals surface area contributed by atoms with E-state index in [1.54, 1.807) is 0 Å². The highest BCUT2D eigenvalue weighted by Crippen LogP contribution is 2.12. The second-order valence-electron chi connectivity index (χ2n) is 5.24. The van der Waals surface area contributed by atoms with Crippen LogP contribution < -0.4 is 16.4 Å². The fraction of sp³-hybridized carbons (Fsp3) is 0.909. The van der Waals surface area contributed by atoms with Gasteiger partial charge in [0.15, 0.2) is 0 Å². The highest BCUT2D eigenvalue weighted by Gasteiger charge is 2.27. The third kappa shape index (κ3) is 4.37. The molecule has 1 fully saturated rings. The minimum atomic E-state index is -0.449. The topological polar surface area (TPSA) is 76.4 Å². The Balaban J connectivity index is 2.42. The molecule has 0 unspecified atom stereocenters. The van der Waals surface area contributed by atoms with Crippen molar-refractivity contribution in [2.24, 2.45) is 11.7 Å². The van der Waals surface area contributed by atoms with Gasteiger partial charge < -0.3 is 21.1 Å². The van der Waals surface area contributed by atoms with E-state index in [2.05, 4.69) is 10.6 Å². The predicted octanol–water partition coefficient (Wildman–Crippen LogP) is 0.448. The Labute approximate surface area is 97.1 Å². The minimum absolute atomic E-state index is 0.126. The molecule has 5 nitrogen and oxygen atoms in total. The zero-order valence-corrected chi connectivity index (χ0v) is 10.4. The molecule has 0 radical (unpaired) electrons. The number of carbonyl (C=O) groups is 1. The van der Waals surface area contributed by atoms with E-state index >= 15 is 0 Å². The molecule has 94 valence electrons. The molecule has 2 atom stereocenters. The second kappa shape index (κ2) is 5.50. The van der Waals surface area contributed by atoms with Gasteiger partial charge in [0.2, 0.25) is 0 Å². The van der Waals surface area contributed by atoms with Crippen molar-refractivity contribution in [1.29, 1.82) is 0 Å². The molecular formula is C11H23N3O2. The van der Waals surface area contributed by atoms with Crippen LogP contribution in [0, 0.1) is 5.92 Å². The largest absolute Gasteiger partial charge is 0.444 e. The molecule has 0 aromatic rings. The van der Waals surface area contributed by atoms with E-state index in [1.807, 2.05) is 20.8 Å². The Kier molecular flexibility index (Phi) is 4.56. The molecular weight excluding hydrogens is 206 g/mol. The Hall–Kier alpha value is -0.810. The number of piperidine rings is 1. The summed E-state index contributed by atoms with van der Waals surface area (Å²) in [5, 5.41) is 6.16. The summed E-state index contributed by atoms with van der Waals surface area (Å²) < 4.78 is 5.22. The van der Waals surface area contributed by atoms with Gasteiger partial charge in [-0.2, -0.15) is 0 Å². The van der Waals surface area contributed by atoms with Crippen molar-refractivity contribution in [2.45, 2.75) is 38.8 Å². The average molecular weight is 229 g/mol. The van der Waals surface area contributed by atoms with Crippen LogP contribution in [0.15, 0.2) is 0 Å². The SMILES string of the molecule is CC(C)(C)OC(=O)N[C@@H]1CCNC[C@H]1CN. The zero-order valence-electron chi connectivity index (χ0n) is 10.4. The first-order valence-electron chi connectivity index (χ1n) is 5.82. The monoisotopic (exact) mass is 229 g/mol. The number of ether oxygens (including phenoxy) is 1. The molecule has 1 amide bonds. The summed E-state index contributed by atoms with van der Waals surface area (Å²) in [6.45, 7) is 7.92. The lowest BCUT2D eigenvalue weighted by Crippen LogP contribution is -2.52. The molecule has 0 saturated carbocycles. The maximum absolute atomic E-state index is 11.6. The van der Waals surface area contributed by atoms with E-state index in [0.717, 1.165) is 19.5 Å². The number of nitrogens with one attached hydrogen (secondary N) is 2. The van der Waals surface area contributed by atoms with Gasteiger partial charge in [-0.15, -0.1) is 0 Å². The fourth-order valence-corrected chi connectivity index (χ4v) is 1.82. The molecule has 16 heavy (non-hydrogen) atoms. The molecule has 0 aromatic heterocycles. The lowest BCUT2D eigenvalue weighted by molar-refractivity contribution is 0.0476. The molecule has 5 heteroatoms. The summed E-state index contributed by atoms with van der Waals surface area (Å²) in [5.41, 5.74) is 5.22. The quantitative estimate of drug-likeness (QED) is 0.642. The summed E-state index contributed by atoms with van der Waals surface area (Å²) in [6, 6.07) is 0.126. The summed E-state index contributed by atoms with van der Waals surface area (Å²) in [6.07, 6.45) is 0.555. The number of rotatable bonds is 2. The molecule has 4 N–H and O–H groups in total. The number of hydrogen-bond acceptors (Lipinski definition) is 4. The van der Waals surface area contributed by atoms with Gasteiger partial charge in [0.05, 0.1) is 0 Å². The van der Waals surface area contributed by atoms with Gasteiger partial charge in [-0.1, -0.05) is 0 Å². The van der Waals surface area contributed by atoms with Crippen LogP contribution in [-0.2, 0) is 4.74 Å². The van der Waals surface area contributed by atoms with E-state index in [9.17, 15) is 4.79 Å². The van der Waals surface area contributed by atoms with Crippen molar-refractivity contribution in [3.63, 3.8) is 0 Å². The van der Waals surface area contributed by atoms with E-state index in [4.69, 9.17) is 10.5 Å². The van der Waals surface area contributed by atoms with Gasteiger partial charge in [-0.05, 0) is 40.3 Å². The third-order valence-electron chi connectivity index (χ3n) is 2.61. The maximum Gasteiger partial charge on any atom is 0.407 e. The molecule has 0 aromatic carbocycles. The lowest BCUT2D eigenvalue weighted by Gasteiger charge is -2.32. The predicted molar refractivity (Wildman–Crippen MR) is 63.2 cm³/mol. The van der Waals surface area contributed by atoms with Crippen molar-refractivity contribution in [1.82, 2.24) is 10.6 Å². The highest BCUT2D eigenvalue weighted by molar-refractivity contribution is 5.68. The van der Waals surface area contributed by atoms with Crippen molar-refractivity contribution in [3.8, 4) is 0 Å². The van der Waals surface area contributed by atoms with Crippen LogP contribution in [0.25, 0.3) is 0 Å². The molecule has 1 saturated heterocycles. The maximum atomic E-state index is 11.6. The van der Waals surface area contributed by atoms with Crippen LogP contribution >= 0.6 is 0 Å². The highest BCUT2D eigenvalue weighted by atomic mass is 16.6. The number of alkyl carbamates (subject to hydrolysis) is 1. The molecule has 1 heterocycles. The van der Waals surface area contributed by atoms with Crippen LogP contribution in [0.3, 0.4) is 0 Å². The molecule has 0 bridgehead atoms. The van der Waals surface area contributed by atoms with Crippen LogP contribution in [0.4, 0.5) is 4.79 Å². The number of hydrogen-bond donors (Lipinski definition) is 3. The first-order chi connectivity index (χ1) is 7.42. The van der Waals surface area contributed by atoms with Gasteiger partial charge in [0, 0.05) is 18.5 Å². The Bertz CT molecular complexity index is 238. The van der Waals surface area contributed by atoms with E-state index in [0.29, 0.717) is 12.5 Å². The first kappa shape index (κ1) is 13.3. The third-order valence-corrected chi connectivity index (χ3v) is 2.61. The second-order valence-corrected chi connectivity index (χ2v) is 5.24. The van der Waals surface area contributed by atoms with Crippen molar-refractivity contribution in [3.05, 3.63) is 0 Å². The Morgan fingerprint density at radius 2 is 2.25 bits per heavy atom. The first-order valence-corrected chi connectivity index (χ1v) is 5.82. The number of carbonyl (C=O) groups excluding carboxylic acids is 1. The van der Waals surface area contributed by atoms with Gasteiger partial charge in [0.1, 0.15) is 5.60 Å². The van der Waals surface area contributed by atoms with Crippen LogP contribution in [0.5, 0.6) is 0 Å². The summed E-state index contributed by atoms with van der Waals surface area (Å²) in [7, 11) is 0. The molecule has 0 spiro atoms. The van der Waals surface area contributed by atoms with Crippen LogP contribution in [0.1, 0.15) is 27.2 Å². The zero-order chi connectivity index (χ0) is 12.2. The Morgan fingerprint density at radius 1 is 1.56 bits per heavy atom. The average Bonchev–Trinajstić information content (AvgIpc) is 2.15.